The summed E-state index contributed by atoms with van der Waals surface area (Å²) in [7, 11) is 0. The Morgan fingerprint density at radius 3 is 1.78 bits per heavy atom. The number of nitrogens with two attached hydrogens (primary N) is 1. The Morgan fingerprint density at radius 1 is 1.00 bits per heavy atom. The smallest absolute Gasteiger partial charge is 0.0295 e. The lowest BCUT2D eigenvalue weighted by Crippen LogP contribution is -2.59. The van der Waals surface area contributed by atoms with Crippen molar-refractivity contribution in [3.63, 3.8) is 0 Å². The van der Waals surface area contributed by atoms with Gasteiger partial charge in [-0.05, 0) is 67.6 Å². The van der Waals surface area contributed by atoms with Gasteiger partial charge in [-0.15, -0.1) is 0 Å². The highest BCUT2D eigenvalue weighted by molar-refractivity contribution is 5.06. The molecule has 4 aliphatic rings. The number of hydrogen-bond acceptors (Lipinski definition) is 2. The molecule has 0 spiro atoms. The monoisotopic (exact) mass is 250 g/mol. The highest BCUT2D eigenvalue weighted by atomic mass is 15.2. The van der Waals surface area contributed by atoms with Gasteiger partial charge in [-0.2, -0.15) is 0 Å². The number of hydrazine groups is 1. The van der Waals surface area contributed by atoms with Crippen LogP contribution in [0.15, 0.2) is 0 Å². The molecular weight excluding hydrogens is 220 g/mol. The molecule has 0 amide bonds. The van der Waals surface area contributed by atoms with Gasteiger partial charge in [-0.3, -0.25) is 11.3 Å². The fourth-order valence-electron chi connectivity index (χ4n) is 6.13. The summed E-state index contributed by atoms with van der Waals surface area (Å²) in [4.78, 5) is 0. The van der Waals surface area contributed by atoms with Gasteiger partial charge in [0, 0.05) is 6.04 Å². The normalized spacial score (nSPS) is 43.7. The van der Waals surface area contributed by atoms with Gasteiger partial charge in [-0.1, -0.05) is 26.7 Å². The first kappa shape index (κ1) is 12.9. The lowest BCUT2D eigenvalue weighted by Gasteiger charge is -2.60. The van der Waals surface area contributed by atoms with Crippen molar-refractivity contribution in [1.82, 2.24) is 5.43 Å². The molecule has 104 valence electrons. The van der Waals surface area contributed by atoms with Crippen molar-refractivity contribution in [2.24, 2.45) is 34.9 Å². The number of nitrogens with one attached hydrogen (secondary N) is 1. The van der Waals surface area contributed by atoms with E-state index in [0.717, 1.165) is 23.7 Å². The molecule has 0 aromatic carbocycles. The van der Waals surface area contributed by atoms with E-state index in [9.17, 15) is 0 Å². The minimum Gasteiger partial charge on any atom is -0.271 e. The quantitative estimate of drug-likeness (QED) is 0.579. The molecule has 1 unspecified atom stereocenters. The van der Waals surface area contributed by atoms with E-state index in [0.29, 0.717) is 11.5 Å². The third-order valence-corrected chi connectivity index (χ3v) is 6.45. The van der Waals surface area contributed by atoms with Crippen LogP contribution in [0.1, 0.15) is 65.2 Å². The van der Waals surface area contributed by atoms with Crippen LogP contribution < -0.4 is 11.3 Å². The van der Waals surface area contributed by atoms with Crippen molar-refractivity contribution in [1.29, 1.82) is 0 Å². The maximum atomic E-state index is 6.00. The van der Waals surface area contributed by atoms with E-state index >= 15 is 0 Å². The van der Waals surface area contributed by atoms with Crippen LogP contribution in [-0.4, -0.2) is 6.04 Å². The molecule has 4 bridgehead atoms. The highest BCUT2D eigenvalue weighted by Gasteiger charge is 2.54. The maximum absolute atomic E-state index is 6.00. The molecule has 0 saturated heterocycles. The lowest BCUT2D eigenvalue weighted by atomic mass is 9.46. The van der Waals surface area contributed by atoms with Crippen LogP contribution in [0, 0.1) is 29.1 Å². The second kappa shape index (κ2) is 4.79. The molecular formula is C16H30N2. The number of rotatable bonds is 5. The molecule has 2 nitrogen and oxygen atoms in total. The van der Waals surface area contributed by atoms with E-state index in [4.69, 9.17) is 5.84 Å². The van der Waals surface area contributed by atoms with Crippen LogP contribution in [0.3, 0.4) is 0 Å². The van der Waals surface area contributed by atoms with Gasteiger partial charge in [-0.25, -0.2) is 0 Å². The van der Waals surface area contributed by atoms with E-state index in [-0.39, 0.29) is 0 Å². The Morgan fingerprint density at radius 2 is 1.44 bits per heavy atom. The molecule has 0 aliphatic heterocycles. The second-order valence-corrected chi connectivity index (χ2v) is 7.50. The minimum atomic E-state index is 0.556. The summed E-state index contributed by atoms with van der Waals surface area (Å²) in [6, 6.07) is 0.570. The Kier molecular flexibility index (Phi) is 3.44. The zero-order valence-electron chi connectivity index (χ0n) is 12.1. The largest absolute Gasteiger partial charge is 0.271 e. The molecule has 1 atom stereocenters. The first-order valence-corrected chi connectivity index (χ1v) is 8.16. The Balaban J connectivity index is 1.84. The molecule has 2 heteroatoms. The van der Waals surface area contributed by atoms with Crippen LogP contribution in [0.2, 0.25) is 0 Å². The Bertz CT molecular complexity index is 260. The average molecular weight is 250 g/mol. The van der Waals surface area contributed by atoms with Gasteiger partial charge >= 0.3 is 0 Å². The number of hydrogen-bond donors (Lipinski definition) is 2. The van der Waals surface area contributed by atoms with E-state index in [1.165, 1.54) is 51.4 Å². The van der Waals surface area contributed by atoms with Crippen molar-refractivity contribution < 1.29 is 0 Å². The highest BCUT2D eigenvalue weighted by Crippen LogP contribution is 2.62. The minimum absolute atomic E-state index is 0.556. The predicted octanol–water partition coefficient (Wildman–Crippen LogP) is 3.47. The van der Waals surface area contributed by atoms with Crippen LogP contribution in [0.4, 0.5) is 0 Å². The zero-order valence-corrected chi connectivity index (χ0v) is 12.1. The van der Waals surface area contributed by atoms with Gasteiger partial charge in [0.05, 0.1) is 0 Å². The molecule has 4 fully saturated rings. The molecule has 0 aromatic heterocycles. The standard InChI is InChI=1S/C16H30N2/c1-3-14(4-2)15(18-17)16-8-11-5-12(9-16)7-13(6-11)10-16/h11-15,18H,3-10,17H2,1-2H3. The molecule has 18 heavy (non-hydrogen) atoms. The maximum Gasteiger partial charge on any atom is 0.0295 e. The van der Waals surface area contributed by atoms with E-state index in [1.807, 2.05) is 0 Å². The SMILES string of the molecule is CCC(CC)C(NN)C12CC3CC(CC(C3)C1)C2. The molecule has 0 heterocycles. The van der Waals surface area contributed by atoms with Crippen LogP contribution in [-0.2, 0) is 0 Å². The van der Waals surface area contributed by atoms with E-state index in [1.54, 1.807) is 0 Å². The summed E-state index contributed by atoms with van der Waals surface area (Å²) in [5, 5.41) is 0. The summed E-state index contributed by atoms with van der Waals surface area (Å²) in [6.07, 6.45) is 11.5. The first-order valence-electron chi connectivity index (χ1n) is 8.16. The summed E-state index contributed by atoms with van der Waals surface area (Å²) in [5.74, 6) is 9.85. The van der Waals surface area contributed by atoms with Gasteiger partial charge < -0.3 is 0 Å². The molecule has 4 aliphatic carbocycles. The van der Waals surface area contributed by atoms with Gasteiger partial charge in [0.1, 0.15) is 0 Å². The van der Waals surface area contributed by atoms with Crippen molar-refractivity contribution in [3.05, 3.63) is 0 Å². The van der Waals surface area contributed by atoms with Gasteiger partial charge in [0.25, 0.3) is 0 Å². The lowest BCUT2D eigenvalue weighted by molar-refractivity contribution is -0.0857. The average Bonchev–Trinajstić information content (AvgIpc) is 2.33. The van der Waals surface area contributed by atoms with Gasteiger partial charge in [0.15, 0.2) is 0 Å². The van der Waals surface area contributed by atoms with Crippen molar-refractivity contribution >= 4 is 0 Å². The van der Waals surface area contributed by atoms with Crippen molar-refractivity contribution in [3.8, 4) is 0 Å². The topological polar surface area (TPSA) is 38.0 Å². The summed E-state index contributed by atoms with van der Waals surface area (Å²) in [5.41, 5.74) is 3.82. The molecule has 4 rings (SSSR count). The van der Waals surface area contributed by atoms with Crippen molar-refractivity contribution in [2.45, 2.75) is 71.3 Å². The molecule has 4 saturated carbocycles. The summed E-state index contributed by atoms with van der Waals surface area (Å²) in [6.45, 7) is 4.66. The molecule has 3 N–H and O–H groups in total. The summed E-state index contributed by atoms with van der Waals surface area (Å²) >= 11 is 0. The van der Waals surface area contributed by atoms with E-state index < -0.39 is 0 Å². The van der Waals surface area contributed by atoms with Crippen molar-refractivity contribution in [2.75, 3.05) is 0 Å². The first-order chi connectivity index (χ1) is 8.70. The Hall–Kier alpha value is -0.0800. The second-order valence-electron chi connectivity index (χ2n) is 7.50. The molecule has 0 aromatic rings. The van der Waals surface area contributed by atoms with E-state index in [2.05, 4.69) is 19.3 Å². The fraction of sp³-hybridized carbons (Fsp3) is 1.00. The van der Waals surface area contributed by atoms with Crippen LogP contribution >= 0.6 is 0 Å². The zero-order chi connectivity index (χ0) is 12.8. The third-order valence-electron chi connectivity index (χ3n) is 6.45. The fourth-order valence-corrected chi connectivity index (χ4v) is 6.13. The third kappa shape index (κ3) is 1.92. The van der Waals surface area contributed by atoms with Crippen LogP contribution in [0.5, 0.6) is 0 Å². The van der Waals surface area contributed by atoms with Crippen LogP contribution in [0.25, 0.3) is 0 Å². The Labute approximate surface area is 112 Å². The van der Waals surface area contributed by atoms with Gasteiger partial charge in [0.2, 0.25) is 0 Å². The summed E-state index contributed by atoms with van der Waals surface area (Å²) < 4.78 is 0. The molecule has 0 radical (unpaired) electrons. The predicted molar refractivity (Wildman–Crippen MR) is 75.8 cm³/mol.